The van der Waals surface area contributed by atoms with Crippen molar-refractivity contribution in [2.24, 2.45) is 5.92 Å². The van der Waals surface area contributed by atoms with E-state index < -0.39 is 0 Å². The van der Waals surface area contributed by atoms with Crippen LogP contribution in [0.3, 0.4) is 0 Å². The van der Waals surface area contributed by atoms with E-state index in [-0.39, 0.29) is 11.2 Å². The van der Waals surface area contributed by atoms with Crippen LogP contribution in [0.5, 0.6) is 5.75 Å². The maximum Gasteiger partial charge on any atom is 0.220 e. The number of rotatable bonds is 3. The monoisotopic (exact) mass is 192 g/mol. The molecule has 0 atom stereocenters. The molecule has 0 radical (unpaired) electrons. The van der Waals surface area contributed by atoms with Gasteiger partial charge in [0, 0.05) is 0 Å². The molecule has 76 valence electrons. The van der Waals surface area contributed by atoms with Gasteiger partial charge in [-0.3, -0.25) is 4.79 Å². The maximum absolute atomic E-state index is 11.1. The molecule has 0 heterocycles. The summed E-state index contributed by atoms with van der Waals surface area (Å²) >= 11 is 0. The van der Waals surface area contributed by atoms with Crippen LogP contribution in [-0.4, -0.2) is 5.11 Å². The summed E-state index contributed by atoms with van der Waals surface area (Å²) in [6.45, 7) is 4.31. The third kappa shape index (κ3) is 3.21. The molecular weight excluding hydrogens is 176 g/mol. The van der Waals surface area contributed by atoms with Crippen molar-refractivity contribution in [2.45, 2.75) is 26.7 Å². The Balaban J connectivity index is 2.85. The first-order chi connectivity index (χ1) is 6.59. The fourth-order valence-electron chi connectivity index (χ4n) is 1.25. The van der Waals surface area contributed by atoms with Crippen molar-refractivity contribution in [2.75, 3.05) is 0 Å². The smallest absolute Gasteiger partial charge is 0.220 e. The van der Waals surface area contributed by atoms with Crippen LogP contribution >= 0.6 is 0 Å². The molecule has 0 saturated heterocycles. The van der Waals surface area contributed by atoms with Gasteiger partial charge in [-0.2, -0.15) is 0 Å². The van der Waals surface area contributed by atoms with Crippen LogP contribution < -0.4 is 5.43 Å². The predicted octanol–water partition coefficient (Wildman–Crippen LogP) is 2.34. The van der Waals surface area contributed by atoms with Gasteiger partial charge in [0.2, 0.25) is 5.43 Å². The van der Waals surface area contributed by atoms with Gasteiger partial charge in [0.1, 0.15) is 0 Å². The van der Waals surface area contributed by atoms with E-state index in [1.807, 2.05) is 6.07 Å². The molecule has 0 spiro atoms. The van der Waals surface area contributed by atoms with Crippen LogP contribution in [0.4, 0.5) is 0 Å². The van der Waals surface area contributed by atoms with Crippen molar-refractivity contribution < 1.29 is 5.11 Å². The first kappa shape index (κ1) is 10.8. The molecule has 0 aliphatic rings. The van der Waals surface area contributed by atoms with E-state index in [4.69, 9.17) is 0 Å². The number of hydrogen-bond donors (Lipinski definition) is 1. The summed E-state index contributed by atoms with van der Waals surface area (Å²) in [6.07, 6.45) is 1.97. The summed E-state index contributed by atoms with van der Waals surface area (Å²) < 4.78 is 0. The molecule has 1 aromatic carbocycles. The Morgan fingerprint density at radius 2 is 2.07 bits per heavy atom. The molecule has 2 heteroatoms. The van der Waals surface area contributed by atoms with Gasteiger partial charge in [0.05, 0.1) is 0 Å². The minimum absolute atomic E-state index is 0.159. The summed E-state index contributed by atoms with van der Waals surface area (Å²) in [5, 5.41) is 9.31. The Kier molecular flexibility index (Phi) is 3.69. The zero-order chi connectivity index (χ0) is 10.6. The maximum atomic E-state index is 11.1. The molecule has 0 bridgehead atoms. The van der Waals surface area contributed by atoms with Crippen LogP contribution in [0.15, 0.2) is 29.1 Å². The van der Waals surface area contributed by atoms with Crippen LogP contribution in [0.2, 0.25) is 0 Å². The van der Waals surface area contributed by atoms with Gasteiger partial charge >= 0.3 is 0 Å². The average Bonchev–Trinajstić information content (AvgIpc) is 2.26. The Bertz CT molecular complexity index is 356. The van der Waals surface area contributed by atoms with Crippen molar-refractivity contribution in [1.29, 1.82) is 0 Å². The first-order valence-electron chi connectivity index (χ1n) is 4.92. The molecule has 14 heavy (non-hydrogen) atoms. The van der Waals surface area contributed by atoms with E-state index in [0.29, 0.717) is 5.92 Å². The second-order valence-corrected chi connectivity index (χ2v) is 3.93. The zero-order valence-corrected chi connectivity index (χ0v) is 8.66. The van der Waals surface area contributed by atoms with Crippen LogP contribution in [0.25, 0.3) is 0 Å². The van der Waals surface area contributed by atoms with Gasteiger partial charge in [-0.25, -0.2) is 0 Å². The standard InChI is InChI=1S/C12H16O2/c1-9(2)6-7-10-4-3-5-11(13)12(14)8-10/h3-5,8-9H,6-7H2,1-2H3,(H,13,14). The summed E-state index contributed by atoms with van der Waals surface area (Å²) in [7, 11) is 0. The lowest BCUT2D eigenvalue weighted by Gasteiger charge is -2.02. The lowest BCUT2D eigenvalue weighted by molar-refractivity contribution is 0.470. The van der Waals surface area contributed by atoms with Crippen molar-refractivity contribution in [3.05, 3.63) is 40.1 Å². The summed E-state index contributed by atoms with van der Waals surface area (Å²) in [4.78, 5) is 11.1. The van der Waals surface area contributed by atoms with Gasteiger partial charge < -0.3 is 5.11 Å². The Morgan fingerprint density at radius 1 is 1.36 bits per heavy atom. The quantitative estimate of drug-likeness (QED) is 0.798. The normalized spacial score (nSPS) is 10.5. The van der Waals surface area contributed by atoms with Crippen LogP contribution in [-0.2, 0) is 6.42 Å². The molecule has 0 saturated carbocycles. The topological polar surface area (TPSA) is 37.3 Å². The minimum atomic E-state index is -0.319. The third-order valence-electron chi connectivity index (χ3n) is 2.14. The van der Waals surface area contributed by atoms with Crippen molar-refractivity contribution >= 4 is 0 Å². The summed E-state index contributed by atoms with van der Waals surface area (Å²) in [6, 6.07) is 6.51. The van der Waals surface area contributed by atoms with E-state index in [2.05, 4.69) is 13.8 Å². The van der Waals surface area contributed by atoms with Crippen LogP contribution in [0.1, 0.15) is 25.8 Å². The molecule has 1 rings (SSSR count). The third-order valence-corrected chi connectivity index (χ3v) is 2.14. The molecule has 0 aromatic heterocycles. The molecular formula is C12H16O2. The lowest BCUT2D eigenvalue weighted by atomic mass is 10.0. The summed E-state index contributed by atoms with van der Waals surface area (Å²) in [5.74, 6) is 0.475. The molecule has 1 N–H and O–H groups in total. The van der Waals surface area contributed by atoms with Gasteiger partial charge in [-0.15, -0.1) is 0 Å². The number of aromatic hydroxyl groups is 1. The second-order valence-electron chi connectivity index (χ2n) is 3.93. The van der Waals surface area contributed by atoms with E-state index in [0.717, 1.165) is 18.4 Å². The predicted molar refractivity (Wildman–Crippen MR) is 57.5 cm³/mol. The van der Waals surface area contributed by atoms with E-state index in [1.54, 1.807) is 12.1 Å². The van der Waals surface area contributed by atoms with Crippen LogP contribution in [0, 0.1) is 5.92 Å². The van der Waals surface area contributed by atoms with E-state index in [9.17, 15) is 9.90 Å². The van der Waals surface area contributed by atoms with Gasteiger partial charge in [0.15, 0.2) is 5.75 Å². The molecule has 1 aromatic rings. The van der Waals surface area contributed by atoms with Gasteiger partial charge in [-0.05, 0) is 36.5 Å². The molecule has 0 fully saturated rings. The Hall–Kier alpha value is -1.31. The number of aryl methyl sites for hydroxylation is 1. The molecule has 0 amide bonds. The lowest BCUT2D eigenvalue weighted by Crippen LogP contribution is -1.93. The highest BCUT2D eigenvalue weighted by Crippen LogP contribution is 2.10. The molecule has 2 nitrogen and oxygen atoms in total. The fourth-order valence-corrected chi connectivity index (χ4v) is 1.25. The molecule has 0 unspecified atom stereocenters. The first-order valence-corrected chi connectivity index (χ1v) is 4.92. The Morgan fingerprint density at radius 3 is 2.71 bits per heavy atom. The number of hydrogen-bond acceptors (Lipinski definition) is 2. The highest BCUT2D eigenvalue weighted by atomic mass is 16.3. The zero-order valence-electron chi connectivity index (χ0n) is 8.66. The average molecular weight is 192 g/mol. The summed E-state index contributed by atoms with van der Waals surface area (Å²) in [5.41, 5.74) is 0.694. The van der Waals surface area contributed by atoms with E-state index >= 15 is 0 Å². The fraction of sp³-hybridized carbons (Fsp3) is 0.417. The molecule has 0 aliphatic heterocycles. The highest BCUT2D eigenvalue weighted by molar-refractivity contribution is 5.25. The van der Waals surface area contributed by atoms with Crippen molar-refractivity contribution in [3.63, 3.8) is 0 Å². The van der Waals surface area contributed by atoms with E-state index in [1.165, 1.54) is 6.07 Å². The van der Waals surface area contributed by atoms with Gasteiger partial charge in [-0.1, -0.05) is 26.0 Å². The minimum Gasteiger partial charge on any atom is -0.504 e. The highest BCUT2D eigenvalue weighted by Gasteiger charge is 1.98. The van der Waals surface area contributed by atoms with Crippen molar-refractivity contribution in [1.82, 2.24) is 0 Å². The van der Waals surface area contributed by atoms with Crippen molar-refractivity contribution in [3.8, 4) is 5.75 Å². The van der Waals surface area contributed by atoms with Gasteiger partial charge in [0.25, 0.3) is 0 Å². The second kappa shape index (κ2) is 4.80. The molecule has 0 aliphatic carbocycles. The largest absolute Gasteiger partial charge is 0.504 e. The Labute approximate surface area is 84.2 Å². The SMILES string of the molecule is CC(C)CCc1cccc(=O)c(O)c1.